The van der Waals surface area contributed by atoms with Crippen LogP contribution >= 0.6 is 15.9 Å². The quantitative estimate of drug-likeness (QED) is 0.856. The molecule has 1 spiro atoms. The molecule has 0 aromatic heterocycles. The Labute approximate surface area is 126 Å². The molecule has 0 unspecified atom stereocenters. The van der Waals surface area contributed by atoms with Crippen LogP contribution in [0.25, 0.3) is 0 Å². The van der Waals surface area contributed by atoms with E-state index < -0.39 is 5.54 Å². The van der Waals surface area contributed by atoms with Gasteiger partial charge in [0.1, 0.15) is 12.1 Å². The molecule has 1 saturated heterocycles. The highest BCUT2D eigenvalue weighted by molar-refractivity contribution is 9.10. The molecule has 3 rings (SSSR count). The fourth-order valence-corrected chi connectivity index (χ4v) is 3.59. The predicted molar refractivity (Wildman–Crippen MR) is 80.6 cm³/mol. The van der Waals surface area contributed by atoms with E-state index in [2.05, 4.69) is 21.2 Å². The van der Waals surface area contributed by atoms with Crippen LogP contribution in [0.5, 0.6) is 0 Å². The van der Waals surface area contributed by atoms with Crippen molar-refractivity contribution in [1.29, 1.82) is 0 Å². The first-order chi connectivity index (χ1) is 9.53. The number of halogens is 1. The lowest BCUT2D eigenvalue weighted by atomic mass is 9.92. The van der Waals surface area contributed by atoms with Gasteiger partial charge in [-0.25, -0.2) is 0 Å². The maximum Gasteiger partial charge on any atom is 0.253 e. The van der Waals surface area contributed by atoms with Gasteiger partial charge in [-0.2, -0.15) is 0 Å². The van der Waals surface area contributed by atoms with Crippen molar-refractivity contribution in [2.24, 2.45) is 0 Å². The van der Waals surface area contributed by atoms with Gasteiger partial charge in [-0.1, -0.05) is 34.8 Å². The molecule has 1 aliphatic heterocycles. The SMILES string of the molecule is Cc1c(Br)cccc1N1CC(=O)NC2(CCCC2)C1=O. The van der Waals surface area contributed by atoms with Crippen LogP contribution in [-0.2, 0) is 9.59 Å². The molecule has 1 saturated carbocycles. The van der Waals surface area contributed by atoms with E-state index in [9.17, 15) is 9.59 Å². The summed E-state index contributed by atoms with van der Waals surface area (Å²) in [5, 5.41) is 2.93. The Bertz CT molecular complexity index is 579. The van der Waals surface area contributed by atoms with E-state index in [1.165, 1.54) is 0 Å². The Kier molecular flexibility index (Phi) is 3.32. The normalized spacial score (nSPS) is 21.4. The van der Waals surface area contributed by atoms with Crippen molar-refractivity contribution in [3.8, 4) is 0 Å². The van der Waals surface area contributed by atoms with Crippen LogP contribution in [0, 0.1) is 6.92 Å². The number of nitrogens with zero attached hydrogens (tertiary/aromatic N) is 1. The van der Waals surface area contributed by atoms with Gasteiger partial charge in [0.15, 0.2) is 0 Å². The van der Waals surface area contributed by atoms with Crippen molar-refractivity contribution in [2.75, 3.05) is 11.4 Å². The smallest absolute Gasteiger partial charge is 0.253 e. The van der Waals surface area contributed by atoms with E-state index in [-0.39, 0.29) is 18.4 Å². The van der Waals surface area contributed by atoms with Crippen LogP contribution in [0.2, 0.25) is 0 Å². The lowest BCUT2D eigenvalue weighted by molar-refractivity contribution is -0.135. The van der Waals surface area contributed by atoms with Gasteiger partial charge < -0.3 is 10.2 Å². The summed E-state index contributed by atoms with van der Waals surface area (Å²) in [6.45, 7) is 2.07. The average Bonchev–Trinajstić information content (AvgIpc) is 2.87. The van der Waals surface area contributed by atoms with Crippen LogP contribution in [0.4, 0.5) is 5.69 Å². The standard InChI is InChI=1S/C15H17BrN2O2/c1-10-11(16)5-4-6-12(10)18-9-13(19)17-15(14(18)20)7-2-3-8-15/h4-6H,2-3,7-9H2,1H3,(H,17,19). The van der Waals surface area contributed by atoms with Gasteiger partial charge in [0.05, 0.1) is 0 Å². The molecular formula is C15H17BrN2O2. The molecule has 1 aromatic carbocycles. The first kappa shape index (κ1) is 13.6. The van der Waals surface area contributed by atoms with E-state index in [1.54, 1.807) is 4.90 Å². The maximum absolute atomic E-state index is 12.9. The molecule has 1 heterocycles. The second kappa shape index (κ2) is 4.88. The Morgan fingerprint density at radius 1 is 1.25 bits per heavy atom. The zero-order valence-corrected chi connectivity index (χ0v) is 13.0. The minimum absolute atomic E-state index is 0.0378. The molecule has 4 nitrogen and oxygen atoms in total. The number of piperazine rings is 1. The summed E-state index contributed by atoms with van der Waals surface area (Å²) in [4.78, 5) is 26.5. The lowest BCUT2D eigenvalue weighted by Gasteiger charge is -2.40. The number of nitrogens with one attached hydrogen (secondary N) is 1. The van der Waals surface area contributed by atoms with Crippen molar-refractivity contribution in [1.82, 2.24) is 5.32 Å². The van der Waals surface area contributed by atoms with Crippen molar-refractivity contribution < 1.29 is 9.59 Å². The fraction of sp³-hybridized carbons (Fsp3) is 0.467. The van der Waals surface area contributed by atoms with E-state index in [4.69, 9.17) is 0 Å². The topological polar surface area (TPSA) is 49.4 Å². The minimum Gasteiger partial charge on any atom is -0.340 e. The van der Waals surface area contributed by atoms with Crippen molar-refractivity contribution in [2.45, 2.75) is 38.1 Å². The third-order valence-corrected chi connectivity index (χ3v) is 5.18. The number of hydrogen-bond acceptors (Lipinski definition) is 2. The predicted octanol–water partition coefficient (Wildman–Crippen LogP) is 2.53. The number of carbonyl (C=O) groups excluding carboxylic acids is 2. The number of anilines is 1. The number of rotatable bonds is 1. The molecule has 2 aliphatic rings. The number of carbonyl (C=O) groups is 2. The Hall–Kier alpha value is -1.36. The van der Waals surface area contributed by atoms with Gasteiger partial charge in [-0.3, -0.25) is 9.59 Å². The highest BCUT2D eigenvalue weighted by Gasteiger charge is 2.48. The van der Waals surface area contributed by atoms with E-state index in [1.807, 2.05) is 25.1 Å². The molecule has 2 fully saturated rings. The van der Waals surface area contributed by atoms with Gasteiger partial charge >= 0.3 is 0 Å². The zero-order chi connectivity index (χ0) is 14.3. The molecule has 1 N–H and O–H groups in total. The summed E-state index contributed by atoms with van der Waals surface area (Å²) >= 11 is 3.48. The van der Waals surface area contributed by atoms with Gasteiger partial charge in [-0.05, 0) is 37.5 Å². The van der Waals surface area contributed by atoms with Gasteiger partial charge in [0.2, 0.25) is 5.91 Å². The fourth-order valence-electron chi connectivity index (χ4n) is 3.23. The summed E-state index contributed by atoms with van der Waals surface area (Å²) in [6, 6.07) is 5.74. The molecule has 0 atom stereocenters. The second-order valence-electron chi connectivity index (χ2n) is 5.61. The average molecular weight is 337 g/mol. The van der Waals surface area contributed by atoms with Gasteiger partial charge in [-0.15, -0.1) is 0 Å². The molecule has 0 radical (unpaired) electrons. The number of hydrogen-bond donors (Lipinski definition) is 1. The largest absolute Gasteiger partial charge is 0.340 e. The van der Waals surface area contributed by atoms with Crippen molar-refractivity contribution in [3.63, 3.8) is 0 Å². The number of amides is 2. The molecular weight excluding hydrogens is 320 g/mol. The van der Waals surface area contributed by atoms with E-state index >= 15 is 0 Å². The van der Waals surface area contributed by atoms with Crippen LogP contribution in [0.1, 0.15) is 31.2 Å². The van der Waals surface area contributed by atoms with Crippen molar-refractivity contribution in [3.05, 3.63) is 28.2 Å². The van der Waals surface area contributed by atoms with E-state index in [0.29, 0.717) is 0 Å². The van der Waals surface area contributed by atoms with Crippen LogP contribution < -0.4 is 10.2 Å². The highest BCUT2D eigenvalue weighted by atomic mass is 79.9. The molecule has 106 valence electrons. The monoisotopic (exact) mass is 336 g/mol. The van der Waals surface area contributed by atoms with Crippen LogP contribution in [0.15, 0.2) is 22.7 Å². The first-order valence-electron chi connectivity index (χ1n) is 6.92. The van der Waals surface area contributed by atoms with Crippen LogP contribution in [-0.4, -0.2) is 23.9 Å². The Balaban J connectivity index is 2.02. The summed E-state index contributed by atoms with van der Waals surface area (Å²) in [7, 11) is 0. The summed E-state index contributed by atoms with van der Waals surface area (Å²) in [5.74, 6) is -0.0262. The molecule has 1 aromatic rings. The third kappa shape index (κ3) is 2.04. The molecule has 2 amide bonds. The number of benzene rings is 1. The molecule has 20 heavy (non-hydrogen) atoms. The molecule has 0 bridgehead atoms. The summed E-state index contributed by atoms with van der Waals surface area (Å²) < 4.78 is 0.953. The minimum atomic E-state index is -0.663. The van der Waals surface area contributed by atoms with Crippen LogP contribution in [0.3, 0.4) is 0 Å². The Morgan fingerprint density at radius 2 is 1.95 bits per heavy atom. The lowest BCUT2D eigenvalue weighted by Crippen LogP contribution is -2.65. The van der Waals surface area contributed by atoms with Crippen molar-refractivity contribution >= 4 is 33.4 Å². The summed E-state index contributed by atoms with van der Waals surface area (Å²) in [5.41, 5.74) is 1.15. The first-order valence-corrected chi connectivity index (χ1v) is 7.71. The van der Waals surface area contributed by atoms with E-state index in [0.717, 1.165) is 41.4 Å². The maximum atomic E-state index is 12.9. The van der Waals surface area contributed by atoms with Gasteiger partial charge in [0, 0.05) is 10.2 Å². The molecule has 1 aliphatic carbocycles. The third-order valence-electron chi connectivity index (χ3n) is 4.32. The Morgan fingerprint density at radius 3 is 2.65 bits per heavy atom. The molecule has 5 heteroatoms. The summed E-state index contributed by atoms with van der Waals surface area (Å²) in [6.07, 6.45) is 3.50. The zero-order valence-electron chi connectivity index (χ0n) is 11.4. The second-order valence-corrected chi connectivity index (χ2v) is 6.47. The highest BCUT2D eigenvalue weighted by Crippen LogP contribution is 2.36. The van der Waals surface area contributed by atoms with Gasteiger partial charge in [0.25, 0.3) is 5.91 Å².